The molecule has 0 aromatic heterocycles. The van der Waals surface area contributed by atoms with E-state index in [0.29, 0.717) is 10.9 Å². The van der Waals surface area contributed by atoms with E-state index in [9.17, 15) is 19.5 Å². The van der Waals surface area contributed by atoms with Crippen LogP contribution in [0, 0.1) is 0 Å². The summed E-state index contributed by atoms with van der Waals surface area (Å²) >= 11 is 3.27. The van der Waals surface area contributed by atoms with E-state index in [4.69, 9.17) is 23.7 Å². The van der Waals surface area contributed by atoms with Gasteiger partial charge in [0.05, 0.1) is 23.3 Å². The first-order chi connectivity index (χ1) is 19.0. The van der Waals surface area contributed by atoms with Crippen molar-refractivity contribution >= 4 is 33.8 Å². The summed E-state index contributed by atoms with van der Waals surface area (Å²) < 4.78 is 28.4. The number of hydrogen-bond acceptors (Lipinski definition) is 9. The van der Waals surface area contributed by atoms with Crippen molar-refractivity contribution in [1.29, 1.82) is 0 Å². The van der Waals surface area contributed by atoms with Crippen LogP contribution in [-0.2, 0) is 23.7 Å². The van der Waals surface area contributed by atoms with E-state index in [2.05, 4.69) is 15.9 Å². The lowest BCUT2D eigenvalue weighted by atomic mass is 9.98. The fraction of sp³-hybridized carbons (Fsp3) is 0.276. The third-order valence-electron chi connectivity index (χ3n) is 5.87. The van der Waals surface area contributed by atoms with Crippen molar-refractivity contribution in [2.24, 2.45) is 0 Å². The molecule has 0 bridgehead atoms. The van der Waals surface area contributed by atoms with Gasteiger partial charge in [0.1, 0.15) is 18.8 Å². The molecule has 0 saturated carbocycles. The number of halogens is 1. The molecule has 4 rings (SSSR count). The maximum absolute atomic E-state index is 12.9. The molecule has 1 fully saturated rings. The van der Waals surface area contributed by atoms with Gasteiger partial charge >= 0.3 is 17.9 Å². The Balaban J connectivity index is 1.58. The van der Waals surface area contributed by atoms with Crippen molar-refractivity contribution in [3.63, 3.8) is 0 Å². The Morgan fingerprint density at radius 1 is 0.718 bits per heavy atom. The van der Waals surface area contributed by atoms with Gasteiger partial charge in [0, 0.05) is 5.33 Å². The van der Waals surface area contributed by atoms with Crippen LogP contribution in [0.2, 0.25) is 0 Å². The monoisotopic (exact) mass is 598 g/mol. The van der Waals surface area contributed by atoms with Gasteiger partial charge in [0.25, 0.3) is 0 Å². The minimum Gasteiger partial charge on any atom is -0.459 e. The molecule has 5 atom stereocenters. The molecule has 1 N–H and O–H groups in total. The van der Waals surface area contributed by atoms with Crippen LogP contribution < -0.4 is 0 Å². The van der Waals surface area contributed by atoms with Crippen LogP contribution >= 0.6 is 15.9 Å². The van der Waals surface area contributed by atoms with Crippen LogP contribution in [-0.4, -0.2) is 72.3 Å². The lowest BCUT2D eigenvalue weighted by Crippen LogP contribution is -2.62. The van der Waals surface area contributed by atoms with Crippen LogP contribution in [0.1, 0.15) is 31.1 Å². The molecule has 0 spiro atoms. The molecule has 204 valence electrons. The van der Waals surface area contributed by atoms with Crippen LogP contribution in [0.5, 0.6) is 0 Å². The number of hydrogen-bond donors (Lipinski definition) is 1. The second kappa shape index (κ2) is 14.0. The molecule has 1 saturated heterocycles. The standard InChI is InChI=1S/C29H27BrO9/c30-16-17-35-29-25(39-28(34)21-14-8-3-9-15-21)23(31)24(38-27(33)20-12-6-2-7-13-20)22(37-29)18-36-26(32)19-10-4-1-5-11-19/h1-15,22-25,29,31H,16-18H2/t22-,23+,24-,25-,29-/m1/s1. The maximum Gasteiger partial charge on any atom is 0.338 e. The fourth-order valence-electron chi connectivity index (χ4n) is 3.94. The predicted molar refractivity (Wildman–Crippen MR) is 142 cm³/mol. The Labute approximate surface area is 233 Å². The molecule has 0 radical (unpaired) electrons. The Bertz CT molecular complexity index is 1220. The first-order valence-electron chi connectivity index (χ1n) is 12.2. The number of rotatable bonds is 10. The zero-order valence-corrected chi connectivity index (χ0v) is 22.3. The molecule has 10 heteroatoms. The number of carbonyl (C=O) groups excluding carboxylic acids is 3. The quantitative estimate of drug-likeness (QED) is 0.211. The lowest BCUT2D eigenvalue weighted by Gasteiger charge is -2.42. The molecule has 1 heterocycles. The van der Waals surface area contributed by atoms with Gasteiger partial charge in [-0.2, -0.15) is 0 Å². The summed E-state index contributed by atoms with van der Waals surface area (Å²) in [5.74, 6) is -2.09. The van der Waals surface area contributed by atoms with Crippen LogP contribution in [0.25, 0.3) is 0 Å². The van der Waals surface area contributed by atoms with Gasteiger partial charge in [-0.05, 0) is 36.4 Å². The van der Waals surface area contributed by atoms with E-state index in [1.54, 1.807) is 91.0 Å². The van der Waals surface area contributed by atoms with E-state index >= 15 is 0 Å². The number of ether oxygens (including phenoxy) is 5. The number of carbonyl (C=O) groups is 3. The molecular formula is C29H27BrO9. The summed E-state index contributed by atoms with van der Waals surface area (Å²) in [4.78, 5) is 38.4. The van der Waals surface area contributed by atoms with Crippen molar-refractivity contribution in [2.45, 2.75) is 30.7 Å². The van der Waals surface area contributed by atoms with Gasteiger partial charge in [0.15, 0.2) is 18.5 Å². The van der Waals surface area contributed by atoms with Gasteiger partial charge in [-0.3, -0.25) is 0 Å². The average molecular weight is 599 g/mol. The number of aliphatic hydroxyl groups excluding tert-OH is 1. The maximum atomic E-state index is 12.9. The second-order valence-electron chi connectivity index (χ2n) is 8.53. The molecule has 39 heavy (non-hydrogen) atoms. The first-order valence-corrected chi connectivity index (χ1v) is 13.4. The van der Waals surface area contributed by atoms with Crippen LogP contribution in [0.4, 0.5) is 0 Å². The Kier molecular flexibility index (Phi) is 10.2. The highest BCUT2D eigenvalue weighted by Gasteiger charge is 2.50. The van der Waals surface area contributed by atoms with E-state index < -0.39 is 48.6 Å². The average Bonchev–Trinajstić information content (AvgIpc) is 2.99. The Hall–Kier alpha value is -3.57. The zero-order chi connectivity index (χ0) is 27.6. The van der Waals surface area contributed by atoms with E-state index in [1.807, 2.05) is 0 Å². The van der Waals surface area contributed by atoms with Gasteiger partial charge < -0.3 is 28.8 Å². The molecule has 3 aromatic rings. The molecule has 0 amide bonds. The molecule has 0 unspecified atom stereocenters. The smallest absolute Gasteiger partial charge is 0.338 e. The minimum atomic E-state index is -1.57. The zero-order valence-electron chi connectivity index (χ0n) is 20.8. The summed E-state index contributed by atoms with van der Waals surface area (Å²) in [6, 6.07) is 24.7. The summed E-state index contributed by atoms with van der Waals surface area (Å²) in [6.07, 6.45) is -6.66. The SMILES string of the molecule is O=C(OC[C@H]1O[C@@H](OCCBr)[C@H](OC(=O)c2ccccc2)[C@@H](O)[C@@H]1OC(=O)c1ccccc1)c1ccccc1. The van der Waals surface area contributed by atoms with Crippen molar-refractivity contribution < 1.29 is 43.2 Å². The van der Waals surface area contributed by atoms with Gasteiger partial charge in [-0.25, -0.2) is 14.4 Å². The van der Waals surface area contributed by atoms with Gasteiger partial charge in [-0.15, -0.1) is 0 Å². The normalized spacial score (nSPS) is 22.5. The predicted octanol–water partition coefficient (Wildman–Crippen LogP) is 3.79. The summed E-state index contributed by atoms with van der Waals surface area (Å²) in [7, 11) is 0. The minimum absolute atomic E-state index is 0.155. The van der Waals surface area contributed by atoms with Crippen molar-refractivity contribution in [1.82, 2.24) is 0 Å². The fourth-order valence-corrected chi connectivity index (χ4v) is 4.13. The van der Waals surface area contributed by atoms with Crippen molar-refractivity contribution in [3.05, 3.63) is 108 Å². The first kappa shape index (κ1) is 28.4. The summed E-state index contributed by atoms with van der Waals surface area (Å²) in [6.45, 7) is -0.215. The lowest BCUT2D eigenvalue weighted by molar-refractivity contribution is -0.297. The highest BCUT2D eigenvalue weighted by molar-refractivity contribution is 9.09. The van der Waals surface area contributed by atoms with E-state index in [1.165, 1.54) is 0 Å². The van der Waals surface area contributed by atoms with Gasteiger partial charge in [0.2, 0.25) is 0 Å². The van der Waals surface area contributed by atoms with Crippen molar-refractivity contribution in [2.75, 3.05) is 18.5 Å². The molecule has 1 aliphatic rings. The number of esters is 3. The number of alkyl halides is 1. The number of benzene rings is 3. The Morgan fingerprint density at radius 3 is 1.67 bits per heavy atom. The van der Waals surface area contributed by atoms with E-state index in [-0.39, 0.29) is 24.3 Å². The largest absolute Gasteiger partial charge is 0.459 e. The molecule has 3 aromatic carbocycles. The highest BCUT2D eigenvalue weighted by atomic mass is 79.9. The summed E-state index contributed by atoms with van der Waals surface area (Å²) in [5.41, 5.74) is 0.800. The van der Waals surface area contributed by atoms with Crippen LogP contribution in [0.15, 0.2) is 91.0 Å². The van der Waals surface area contributed by atoms with Gasteiger partial charge in [-0.1, -0.05) is 70.5 Å². The van der Waals surface area contributed by atoms with Crippen LogP contribution in [0.3, 0.4) is 0 Å². The highest BCUT2D eigenvalue weighted by Crippen LogP contribution is 2.29. The van der Waals surface area contributed by atoms with E-state index in [0.717, 1.165) is 0 Å². The molecule has 9 nitrogen and oxygen atoms in total. The topological polar surface area (TPSA) is 118 Å². The van der Waals surface area contributed by atoms with Crippen molar-refractivity contribution in [3.8, 4) is 0 Å². The number of aliphatic hydroxyl groups is 1. The molecule has 0 aliphatic carbocycles. The molecular weight excluding hydrogens is 572 g/mol. The Morgan fingerprint density at radius 2 is 1.18 bits per heavy atom. The third-order valence-corrected chi connectivity index (χ3v) is 6.19. The third kappa shape index (κ3) is 7.51. The second-order valence-corrected chi connectivity index (χ2v) is 9.32. The molecule has 1 aliphatic heterocycles. The summed E-state index contributed by atoms with van der Waals surface area (Å²) in [5, 5.41) is 11.8.